The highest BCUT2D eigenvalue weighted by Gasteiger charge is 2.34. The number of carbonyl (C=O) groups is 3. The van der Waals surface area contributed by atoms with Crippen molar-refractivity contribution in [2.24, 2.45) is 0 Å². The first kappa shape index (κ1) is 20.9. The third-order valence-corrected chi connectivity index (χ3v) is 5.50. The minimum Gasteiger partial charge on any atom is -0.466 e. The van der Waals surface area contributed by atoms with Gasteiger partial charge in [0.15, 0.2) is 0 Å². The summed E-state index contributed by atoms with van der Waals surface area (Å²) in [7, 11) is 0. The summed E-state index contributed by atoms with van der Waals surface area (Å²) in [5.74, 6) is -1.13. The normalized spacial score (nSPS) is 13.0. The van der Waals surface area contributed by atoms with E-state index in [4.69, 9.17) is 4.74 Å². The lowest BCUT2D eigenvalue weighted by Gasteiger charge is -2.13. The number of aromatic nitrogens is 2. The first-order valence-corrected chi connectivity index (χ1v) is 10.5. The number of rotatable bonds is 7. The number of fused-ring (bicyclic) bond motifs is 2. The third-order valence-electron chi connectivity index (χ3n) is 5.01. The van der Waals surface area contributed by atoms with Crippen LogP contribution in [0.15, 0.2) is 58.1 Å². The van der Waals surface area contributed by atoms with E-state index in [2.05, 4.69) is 20.9 Å². The number of hydrogen-bond donors (Lipinski definition) is 0. The fraction of sp³-hybridized carbons (Fsp3) is 0.227. The highest BCUT2D eigenvalue weighted by atomic mass is 79.9. The fourth-order valence-corrected chi connectivity index (χ4v) is 3.79. The largest absolute Gasteiger partial charge is 0.466 e. The molecule has 0 fully saturated rings. The lowest BCUT2D eigenvalue weighted by molar-refractivity contribution is -0.144. The maximum atomic E-state index is 12.5. The van der Waals surface area contributed by atoms with Crippen molar-refractivity contribution in [2.75, 3.05) is 13.2 Å². The molecule has 3 aromatic rings. The predicted octanol–water partition coefficient (Wildman–Crippen LogP) is 2.78. The number of benzene rings is 2. The Morgan fingerprint density at radius 3 is 2.42 bits per heavy atom. The van der Waals surface area contributed by atoms with Gasteiger partial charge in [0.2, 0.25) is 0 Å². The molecule has 9 heteroatoms. The molecular weight excluding hydrogens is 466 g/mol. The summed E-state index contributed by atoms with van der Waals surface area (Å²) in [5.41, 5.74) is 1.14. The number of carbonyl (C=O) groups excluding carboxylic acids is 3. The zero-order valence-electron chi connectivity index (χ0n) is 16.4. The Hall–Kier alpha value is -3.33. The molecular formula is C22H18BrN3O5. The second-order valence-electron chi connectivity index (χ2n) is 7.04. The molecule has 31 heavy (non-hydrogen) atoms. The first-order valence-electron chi connectivity index (χ1n) is 9.71. The van der Waals surface area contributed by atoms with Crippen molar-refractivity contribution in [2.45, 2.75) is 19.4 Å². The molecule has 2 amide bonds. The minimum absolute atomic E-state index is 0.00805. The van der Waals surface area contributed by atoms with Crippen molar-refractivity contribution < 1.29 is 19.1 Å². The molecule has 158 valence electrons. The second kappa shape index (κ2) is 8.81. The van der Waals surface area contributed by atoms with Gasteiger partial charge in [-0.3, -0.25) is 28.6 Å². The number of aryl methyl sites for hydroxylation is 1. The predicted molar refractivity (Wildman–Crippen MR) is 116 cm³/mol. The van der Waals surface area contributed by atoms with Gasteiger partial charge in [-0.15, -0.1) is 0 Å². The lowest BCUT2D eigenvalue weighted by Crippen LogP contribution is -2.31. The molecule has 0 spiro atoms. The monoisotopic (exact) mass is 483 g/mol. The van der Waals surface area contributed by atoms with Gasteiger partial charge in [-0.05, 0) is 36.8 Å². The van der Waals surface area contributed by atoms with Gasteiger partial charge in [0.25, 0.3) is 17.4 Å². The van der Waals surface area contributed by atoms with Crippen molar-refractivity contribution in [3.05, 3.63) is 74.7 Å². The Morgan fingerprint density at radius 1 is 1.00 bits per heavy atom. The van der Waals surface area contributed by atoms with Crippen LogP contribution < -0.4 is 5.56 Å². The Labute approximate surface area is 185 Å². The summed E-state index contributed by atoms with van der Waals surface area (Å²) >= 11 is 3.33. The van der Waals surface area contributed by atoms with E-state index in [1.54, 1.807) is 42.5 Å². The Bertz CT molecular complexity index is 1220. The standard InChI is InChI=1S/C22H18BrN3O5/c23-14-6-7-18-17(12-14)20(28)25(13-24-18)10-8-19(27)31-11-3-9-26-21(29)15-4-1-2-5-16(15)22(26)30/h1-2,4-7,12-13H,3,8-11H2. The van der Waals surface area contributed by atoms with E-state index in [-0.39, 0.29) is 43.5 Å². The highest BCUT2D eigenvalue weighted by Crippen LogP contribution is 2.22. The van der Waals surface area contributed by atoms with E-state index in [1.165, 1.54) is 10.9 Å². The van der Waals surface area contributed by atoms with Gasteiger partial charge in [-0.25, -0.2) is 4.98 Å². The van der Waals surface area contributed by atoms with E-state index in [0.717, 1.165) is 9.37 Å². The molecule has 1 aliphatic rings. The molecule has 0 aliphatic carbocycles. The average molecular weight is 484 g/mol. The maximum absolute atomic E-state index is 12.5. The van der Waals surface area contributed by atoms with E-state index in [0.29, 0.717) is 28.5 Å². The first-order chi connectivity index (χ1) is 15.0. The SMILES string of the molecule is O=C(CCn1cnc2ccc(Br)cc2c1=O)OCCCN1C(=O)c2ccccc2C1=O. The number of ether oxygens (including phenoxy) is 1. The van der Waals surface area contributed by atoms with Crippen LogP contribution in [0.5, 0.6) is 0 Å². The molecule has 8 nitrogen and oxygen atoms in total. The Kier molecular flexibility index (Phi) is 5.94. The van der Waals surface area contributed by atoms with Crippen molar-refractivity contribution in [3.63, 3.8) is 0 Å². The van der Waals surface area contributed by atoms with Crippen molar-refractivity contribution in [1.82, 2.24) is 14.5 Å². The van der Waals surface area contributed by atoms with Crippen LogP contribution in [0.25, 0.3) is 10.9 Å². The summed E-state index contributed by atoms with van der Waals surface area (Å²) in [4.78, 5) is 54.6. The van der Waals surface area contributed by atoms with Gasteiger partial charge >= 0.3 is 5.97 Å². The molecule has 2 heterocycles. The molecule has 1 aromatic heterocycles. The molecule has 0 N–H and O–H groups in total. The summed E-state index contributed by atoms with van der Waals surface area (Å²) in [6.07, 6.45) is 1.75. The van der Waals surface area contributed by atoms with Crippen LogP contribution in [0.3, 0.4) is 0 Å². The summed E-state index contributed by atoms with van der Waals surface area (Å²) < 4.78 is 7.33. The topological polar surface area (TPSA) is 98.6 Å². The Balaban J connectivity index is 1.26. The van der Waals surface area contributed by atoms with Gasteiger partial charge in [0.05, 0.1) is 41.4 Å². The molecule has 0 unspecified atom stereocenters. The number of imide groups is 1. The van der Waals surface area contributed by atoms with Gasteiger partial charge in [-0.2, -0.15) is 0 Å². The summed E-state index contributed by atoms with van der Waals surface area (Å²) in [6, 6.07) is 11.9. The smallest absolute Gasteiger partial charge is 0.307 e. The molecule has 0 saturated heterocycles. The molecule has 0 radical (unpaired) electrons. The number of halogens is 1. The quantitative estimate of drug-likeness (QED) is 0.291. The third kappa shape index (κ3) is 4.27. The molecule has 0 atom stereocenters. The molecule has 2 aromatic carbocycles. The van der Waals surface area contributed by atoms with Crippen molar-refractivity contribution in [3.8, 4) is 0 Å². The molecule has 4 rings (SSSR count). The Morgan fingerprint density at radius 2 is 1.71 bits per heavy atom. The lowest BCUT2D eigenvalue weighted by atomic mass is 10.1. The average Bonchev–Trinajstić information content (AvgIpc) is 3.01. The number of amides is 2. The van der Waals surface area contributed by atoms with Gasteiger partial charge in [0, 0.05) is 17.6 Å². The molecule has 1 aliphatic heterocycles. The number of nitrogens with zero attached hydrogens (tertiary/aromatic N) is 3. The number of hydrogen-bond acceptors (Lipinski definition) is 6. The molecule has 0 bridgehead atoms. The highest BCUT2D eigenvalue weighted by molar-refractivity contribution is 9.10. The molecule has 0 saturated carbocycles. The van der Waals surface area contributed by atoms with E-state index < -0.39 is 5.97 Å². The van der Waals surface area contributed by atoms with E-state index >= 15 is 0 Å². The zero-order valence-corrected chi connectivity index (χ0v) is 18.0. The van der Waals surface area contributed by atoms with Crippen LogP contribution >= 0.6 is 15.9 Å². The van der Waals surface area contributed by atoms with Crippen LogP contribution in [0.4, 0.5) is 0 Å². The van der Waals surface area contributed by atoms with Crippen molar-refractivity contribution >= 4 is 44.6 Å². The van der Waals surface area contributed by atoms with E-state index in [1.807, 2.05) is 0 Å². The van der Waals surface area contributed by atoms with Crippen LogP contribution in [0, 0.1) is 0 Å². The summed E-state index contributed by atoms with van der Waals surface area (Å²) in [6.45, 7) is 0.387. The van der Waals surface area contributed by atoms with E-state index in [9.17, 15) is 19.2 Å². The van der Waals surface area contributed by atoms with Crippen LogP contribution in [0.1, 0.15) is 33.6 Å². The van der Waals surface area contributed by atoms with Gasteiger partial charge in [0.1, 0.15) is 0 Å². The van der Waals surface area contributed by atoms with Crippen LogP contribution in [-0.2, 0) is 16.1 Å². The van der Waals surface area contributed by atoms with Crippen LogP contribution in [0.2, 0.25) is 0 Å². The minimum atomic E-state index is -0.469. The zero-order chi connectivity index (χ0) is 22.0. The summed E-state index contributed by atoms with van der Waals surface area (Å²) in [5, 5.41) is 0.464. The van der Waals surface area contributed by atoms with Gasteiger partial charge in [-0.1, -0.05) is 28.1 Å². The maximum Gasteiger partial charge on any atom is 0.307 e. The van der Waals surface area contributed by atoms with Crippen LogP contribution in [-0.4, -0.2) is 45.4 Å². The number of esters is 1. The fourth-order valence-electron chi connectivity index (χ4n) is 3.43. The second-order valence-corrected chi connectivity index (χ2v) is 7.95. The van der Waals surface area contributed by atoms with Crippen molar-refractivity contribution in [1.29, 1.82) is 0 Å². The van der Waals surface area contributed by atoms with Gasteiger partial charge < -0.3 is 4.74 Å².